The number of benzene rings is 1. The average molecular weight is 313 g/mol. The van der Waals surface area contributed by atoms with Gasteiger partial charge in [0.05, 0.1) is 0 Å². The van der Waals surface area contributed by atoms with Crippen molar-refractivity contribution in [2.75, 3.05) is 25.0 Å². The first-order valence-corrected chi connectivity index (χ1v) is 8.26. The van der Waals surface area contributed by atoms with E-state index in [4.69, 9.17) is 19.4 Å². The molecule has 5 heteroatoms. The summed E-state index contributed by atoms with van der Waals surface area (Å²) in [6.45, 7) is 3.36. The Bertz CT molecular complexity index is 628. The summed E-state index contributed by atoms with van der Waals surface area (Å²) in [5.74, 6) is 1.54. The van der Waals surface area contributed by atoms with Crippen LogP contribution >= 0.6 is 11.6 Å². The Balaban J connectivity index is 1.57. The molecule has 112 valence electrons. The maximum atomic E-state index is 12.5. The molecule has 1 saturated carbocycles. The summed E-state index contributed by atoms with van der Waals surface area (Å²) in [6, 6.07) is 7.16. The number of amides is 1. The van der Waals surface area contributed by atoms with Crippen LogP contribution in [0.25, 0.3) is 0 Å². The highest BCUT2D eigenvalue weighted by Gasteiger charge is 2.45. The minimum Gasteiger partial charge on any atom is -0.323 e. The van der Waals surface area contributed by atoms with Crippen molar-refractivity contribution in [2.45, 2.75) is 12.8 Å². The van der Waals surface area contributed by atoms with Gasteiger partial charge in [0.25, 0.3) is 0 Å². The number of hydrogen-bond acceptors (Lipinski definition) is 2. The molecule has 4 fully saturated rings. The van der Waals surface area contributed by atoms with Crippen LogP contribution in [0.4, 0.5) is 5.69 Å². The van der Waals surface area contributed by atoms with Crippen molar-refractivity contribution in [3.05, 3.63) is 40.3 Å². The fraction of sp³-hybridized carbons (Fsp3) is 0.471. The largest absolute Gasteiger partial charge is 0.323 e. The summed E-state index contributed by atoms with van der Waals surface area (Å²) < 4.78 is 0. The van der Waals surface area contributed by atoms with Crippen molar-refractivity contribution in [3.63, 3.8) is 0 Å². The molecule has 1 aliphatic carbocycles. The molecule has 4 bridgehead atoms. The van der Waals surface area contributed by atoms with Crippen LogP contribution in [0.2, 0.25) is 5.02 Å². The van der Waals surface area contributed by atoms with E-state index in [1.54, 1.807) is 12.1 Å². The number of anilines is 1. The molecular formula is C17H18BClN2O. The zero-order valence-electron chi connectivity index (χ0n) is 12.4. The molecule has 3 saturated heterocycles. The van der Waals surface area contributed by atoms with Gasteiger partial charge in [0.2, 0.25) is 5.91 Å². The van der Waals surface area contributed by atoms with E-state index in [0.29, 0.717) is 28.0 Å². The van der Waals surface area contributed by atoms with Crippen LogP contribution in [0.5, 0.6) is 0 Å². The zero-order chi connectivity index (χ0) is 15.3. The highest BCUT2D eigenvalue weighted by Crippen LogP contribution is 2.47. The van der Waals surface area contributed by atoms with Gasteiger partial charge in [-0.25, -0.2) is 0 Å². The number of carbonyl (C=O) groups is 1. The van der Waals surface area contributed by atoms with Crippen LogP contribution < -0.4 is 5.32 Å². The van der Waals surface area contributed by atoms with Crippen molar-refractivity contribution >= 4 is 31.0 Å². The summed E-state index contributed by atoms with van der Waals surface area (Å²) in [5, 5.41) is 3.47. The monoisotopic (exact) mass is 312 g/mol. The third-order valence-corrected chi connectivity index (χ3v) is 5.46. The van der Waals surface area contributed by atoms with Gasteiger partial charge in [-0.05, 0) is 54.3 Å². The van der Waals surface area contributed by atoms with Crippen LogP contribution in [0.15, 0.2) is 35.3 Å². The van der Waals surface area contributed by atoms with Gasteiger partial charge in [0.1, 0.15) is 7.85 Å². The summed E-state index contributed by atoms with van der Waals surface area (Å²) in [5.41, 5.74) is 2.32. The molecule has 1 aromatic rings. The fourth-order valence-corrected chi connectivity index (χ4v) is 4.72. The van der Waals surface area contributed by atoms with Gasteiger partial charge in [-0.3, -0.25) is 4.79 Å². The fourth-order valence-electron chi connectivity index (χ4n) is 4.53. The van der Waals surface area contributed by atoms with Crippen molar-refractivity contribution in [3.8, 4) is 0 Å². The minimum atomic E-state index is -0.195. The number of rotatable bonds is 2. The van der Waals surface area contributed by atoms with E-state index in [0.717, 1.165) is 19.0 Å². The molecule has 3 aliphatic heterocycles. The van der Waals surface area contributed by atoms with Crippen molar-refractivity contribution in [1.29, 1.82) is 0 Å². The highest BCUT2D eigenvalue weighted by atomic mass is 35.5. The first kappa shape index (κ1) is 14.3. The summed E-state index contributed by atoms with van der Waals surface area (Å²) >= 11 is 5.96. The third-order valence-electron chi connectivity index (χ3n) is 5.23. The molecule has 2 radical (unpaired) electrons. The minimum absolute atomic E-state index is 0.195. The van der Waals surface area contributed by atoms with E-state index in [1.807, 2.05) is 12.1 Å². The highest BCUT2D eigenvalue weighted by molar-refractivity contribution is 6.39. The van der Waals surface area contributed by atoms with Gasteiger partial charge in [-0.15, -0.1) is 0 Å². The number of carbonyl (C=O) groups excluding carboxylic acids is 1. The molecule has 1 N–H and O–H groups in total. The maximum absolute atomic E-state index is 12.5. The van der Waals surface area contributed by atoms with Gasteiger partial charge in [0, 0.05) is 30.3 Å². The lowest BCUT2D eigenvalue weighted by Crippen LogP contribution is -2.55. The van der Waals surface area contributed by atoms with Crippen LogP contribution in [-0.4, -0.2) is 38.3 Å². The van der Waals surface area contributed by atoms with Crippen LogP contribution in [-0.2, 0) is 4.79 Å². The molecule has 2 unspecified atom stereocenters. The Labute approximate surface area is 137 Å². The molecule has 0 spiro atoms. The number of nitrogens with one attached hydrogen (secondary N) is 1. The number of hydrogen-bond donors (Lipinski definition) is 1. The molecule has 22 heavy (non-hydrogen) atoms. The predicted octanol–water partition coefficient (Wildman–Crippen LogP) is 2.67. The standard InChI is InChI=1S/C17H18BClN2O/c18-16(17(22)20-14-3-1-2-13(19)6-14)15-11-4-10-5-12(15)9-21(7-10)8-11/h1-3,6,10-12H,4-5,7-9H2,(H,20,22). The quantitative estimate of drug-likeness (QED) is 0.672. The summed E-state index contributed by atoms with van der Waals surface area (Å²) in [4.78, 5) is 15.0. The zero-order valence-corrected chi connectivity index (χ0v) is 13.1. The first-order valence-electron chi connectivity index (χ1n) is 7.89. The average Bonchev–Trinajstić information content (AvgIpc) is 2.45. The van der Waals surface area contributed by atoms with Gasteiger partial charge >= 0.3 is 0 Å². The van der Waals surface area contributed by atoms with E-state index in [9.17, 15) is 4.79 Å². The molecule has 5 rings (SSSR count). The number of piperidine rings is 3. The lowest BCUT2D eigenvalue weighted by atomic mass is 9.62. The SMILES string of the molecule is [B]C(C(=O)Nc1cccc(Cl)c1)=C1C2CC3CC1CN(C3)C2. The Morgan fingerprint density at radius 3 is 2.59 bits per heavy atom. The van der Waals surface area contributed by atoms with E-state index in [1.165, 1.54) is 25.0 Å². The smallest absolute Gasteiger partial charge is 0.241 e. The van der Waals surface area contributed by atoms with E-state index in [-0.39, 0.29) is 5.91 Å². The molecular weight excluding hydrogens is 294 g/mol. The molecule has 1 amide bonds. The predicted molar refractivity (Wildman–Crippen MR) is 89.0 cm³/mol. The van der Waals surface area contributed by atoms with Gasteiger partial charge < -0.3 is 10.2 Å². The summed E-state index contributed by atoms with van der Waals surface area (Å²) in [7, 11) is 6.24. The Morgan fingerprint density at radius 2 is 1.95 bits per heavy atom. The normalized spacial score (nSPS) is 32.1. The lowest BCUT2D eigenvalue weighted by Gasteiger charge is -2.53. The maximum Gasteiger partial charge on any atom is 0.241 e. The Kier molecular flexibility index (Phi) is 3.54. The van der Waals surface area contributed by atoms with Crippen LogP contribution in [0.3, 0.4) is 0 Å². The van der Waals surface area contributed by atoms with Crippen molar-refractivity contribution in [1.82, 2.24) is 4.90 Å². The molecule has 0 aromatic heterocycles. The van der Waals surface area contributed by atoms with Crippen LogP contribution in [0.1, 0.15) is 12.8 Å². The Morgan fingerprint density at radius 1 is 1.23 bits per heavy atom. The number of nitrogens with zero attached hydrogens (tertiary/aromatic N) is 1. The van der Waals surface area contributed by atoms with Gasteiger partial charge in [0.15, 0.2) is 0 Å². The third kappa shape index (κ3) is 2.48. The van der Waals surface area contributed by atoms with Crippen LogP contribution in [0, 0.1) is 17.8 Å². The van der Waals surface area contributed by atoms with Gasteiger partial charge in [-0.2, -0.15) is 0 Å². The lowest BCUT2D eigenvalue weighted by molar-refractivity contribution is -0.112. The second-order valence-corrected chi connectivity index (χ2v) is 7.22. The molecule has 2 atom stereocenters. The molecule has 3 nitrogen and oxygen atoms in total. The van der Waals surface area contributed by atoms with Gasteiger partial charge in [-0.1, -0.05) is 23.2 Å². The Hall–Kier alpha value is -1.26. The molecule has 4 aliphatic rings. The molecule has 1 aromatic carbocycles. The second-order valence-electron chi connectivity index (χ2n) is 6.78. The van der Waals surface area contributed by atoms with Crippen molar-refractivity contribution in [2.24, 2.45) is 17.8 Å². The van der Waals surface area contributed by atoms with E-state index < -0.39 is 0 Å². The van der Waals surface area contributed by atoms with E-state index in [2.05, 4.69) is 10.2 Å². The first-order chi connectivity index (χ1) is 10.6. The molecule has 3 heterocycles. The summed E-state index contributed by atoms with van der Waals surface area (Å²) in [6.07, 6.45) is 2.38. The number of halogens is 1. The van der Waals surface area contributed by atoms with E-state index >= 15 is 0 Å². The second kappa shape index (κ2) is 5.43. The topological polar surface area (TPSA) is 32.3 Å². The van der Waals surface area contributed by atoms with Crippen molar-refractivity contribution < 1.29 is 4.79 Å².